The van der Waals surface area contributed by atoms with Crippen molar-refractivity contribution in [1.29, 1.82) is 0 Å². The molecule has 1 saturated heterocycles. The van der Waals surface area contributed by atoms with Crippen molar-refractivity contribution < 1.29 is 4.39 Å². The molecule has 0 unspecified atom stereocenters. The summed E-state index contributed by atoms with van der Waals surface area (Å²) in [5.41, 5.74) is 2.45. The van der Waals surface area contributed by atoms with E-state index < -0.39 is 0 Å². The minimum absolute atomic E-state index is 0.233. The van der Waals surface area contributed by atoms with Gasteiger partial charge in [0, 0.05) is 28.7 Å². The zero-order valence-corrected chi connectivity index (χ0v) is 13.0. The van der Waals surface area contributed by atoms with Crippen LogP contribution in [0.3, 0.4) is 0 Å². The zero-order valence-electron chi connectivity index (χ0n) is 11.4. The van der Waals surface area contributed by atoms with Gasteiger partial charge >= 0.3 is 0 Å². The summed E-state index contributed by atoms with van der Waals surface area (Å²) < 4.78 is 16.7. The highest BCUT2D eigenvalue weighted by atomic mass is 79.9. The highest BCUT2D eigenvalue weighted by Gasteiger charge is 2.20. The third-order valence-electron chi connectivity index (χ3n) is 3.88. The second kappa shape index (κ2) is 5.66. The normalized spacial score (nSPS) is 16.6. The molecule has 3 rings (SSSR count). The van der Waals surface area contributed by atoms with Crippen LogP contribution < -0.4 is 5.32 Å². The van der Waals surface area contributed by atoms with Crippen molar-refractivity contribution in [2.45, 2.75) is 18.8 Å². The van der Waals surface area contributed by atoms with Crippen molar-refractivity contribution in [2.24, 2.45) is 7.05 Å². The van der Waals surface area contributed by atoms with E-state index in [1.54, 1.807) is 12.1 Å². The highest BCUT2D eigenvalue weighted by Crippen LogP contribution is 2.30. The molecular formula is C15H17BrFN3. The lowest BCUT2D eigenvalue weighted by molar-refractivity contribution is 0.440. The fourth-order valence-electron chi connectivity index (χ4n) is 2.81. The molecule has 0 spiro atoms. The monoisotopic (exact) mass is 337 g/mol. The Bertz CT molecular complexity index is 618. The van der Waals surface area contributed by atoms with Crippen molar-refractivity contribution >= 4 is 15.9 Å². The van der Waals surface area contributed by atoms with Gasteiger partial charge in [-0.1, -0.05) is 15.9 Å². The number of nitrogens with one attached hydrogen (secondary N) is 1. The lowest BCUT2D eigenvalue weighted by atomic mass is 9.94. The van der Waals surface area contributed by atoms with Crippen LogP contribution in [0.5, 0.6) is 0 Å². The molecule has 0 saturated carbocycles. The maximum Gasteiger partial charge on any atom is 0.132 e. The van der Waals surface area contributed by atoms with Gasteiger partial charge in [-0.25, -0.2) is 4.39 Å². The Balaban J connectivity index is 1.97. The molecule has 2 aromatic rings. The van der Waals surface area contributed by atoms with E-state index >= 15 is 0 Å². The predicted molar refractivity (Wildman–Crippen MR) is 81.1 cm³/mol. The highest BCUT2D eigenvalue weighted by molar-refractivity contribution is 9.10. The summed E-state index contributed by atoms with van der Waals surface area (Å²) in [6.45, 7) is 2.08. The van der Waals surface area contributed by atoms with E-state index in [9.17, 15) is 4.39 Å². The quantitative estimate of drug-likeness (QED) is 0.909. The van der Waals surface area contributed by atoms with Gasteiger partial charge in [0.1, 0.15) is 5.82 Å². The van der Waals surface area contributed by atoms with Crippen LogP contribution in [0.25, 0.3) is 11.3 Å². The van der Waals surface area contributed by atoms with Gasteiger partial charge in [0.15, 0.2) is 0 Å². The lowest BCUT2D eigenvalue weighted by Gasteiger charge is -2.22. The minimum atomic E-state index is -0.233. The van der Waals surface area contributed by atoms with E-state index in [1.165, 1.54) is 11.8 Å². The number of benzene rings is 1. The van der Waals surface area contributed by atoms with Crippen molar-refractivity contribution in [2.75, 3.05) is 13.1 Å². The Labute approximate surface area is 126 Å². The summed E-state index contributed by atoms with van der Waals surface area (Å²) in [7, 11) is 1.94. The predicted octanol–water partition coefficient (Wildman–Crippen LogP) is 3.46. The Hall–Kier alpha value is -1.20. The van der Waals surface area contributed by atoms with Gasteiger partial charge in [0.05, 0.1) is 5.69 Å². The van der Waals surface area contributed by atoms with Gasteiger partial charge in [-0.05, 0) is 50.2 Å². The van der Waals surface area contributed by atoms with E-state index in [0.29, 0.717) is 17.2 Å². The van der Waals surface area contributed by atoms with Crippen molar-refractivity contribution in [3.8, 4) is 11.3 Å². The average molecular weight is 338 g/mol. The smallest absolute Gasteiger partial charge is 0.132 e. The zero-order chi connectivity index (χ0) is 14.1. The van der Waals surface area contributed by atoms with Crippen LogP contribution in [0.2, 0.25) is 0 Å². The molecule has 1 aliphatic rings. The molecule has 0 aliphatic carbocycles. The van der Waals surface area contributed by atoms with E-state index in [-0.39, 0.29) is 5.82 Å². The SMILES string of the molecule is Cn1nc(-c2cc(Br)ccc2F)cc1C1CCNCC1. The first-order valence-corrected chi connectivity index (χ1v) is 7.64. The lowest BCUT2D eigenvalue weighted by Crippen LogP contribution is -2.27. The van der Waals surface area contributed by atoms with E-state index in [4.69, 9.17) is 0 Å². The number of aryl methyl sites for hydroxylation is 1. The fourth-order valence-corrected chi connectivity index (χ4v) is 3.17. The Morgan fingerprint density at radius 3 is 2.80 bits per heavy atom. The molecular weight excluding hydrogens is 321 g/mol. The van der Waals surface area contributed by atoms with E-state index in [1.807, 2.05) is 17.8 Å². The van der Waals surface area contributed by atoms with Gasteiger partial charge in [0.2, 0.25) is 0 Å². The van der Waals surface area contributed by atoms with Crippen LogP contribution in [-0.4, -0.2) is 22.9 Å². The number of hydrogen-bond acceptors (Lipinski definition) is 2. The summed E-state index contributed by atoms with van der Waals surface area (Å²) in [6, 6.07) is 6.98. The molecule has 0 atom stereocenters. The number of piperidine rings is 1. The summed E-state index contributed by atoms with van der Waals surface area (Å²) in [6.07, 6.45) is 2.22. The third kappa shape index (κ3) is 2.65. The first-order valence-electron chi connectivity index (χ1n) is 6.85. The Kier molecular flexibility index (Phi) is 3.89. The van der Waals surface area contributed by atoms with Gasteiger partial charge < -0.3 is 5.32 Å². The number of hydrogen-bond donors (Lipinski definition) is 1. The van der Waals surface area contributed by atoms with Crippen LogP contribution in [0.4, 0.5) is 4.39 Å². The van der Waals surface area contributed by atoms with Crippen LogP contribution in [0, 0.1) is 5.82 Å². The van der Waals surface area contributed by atoms with Crippen molar-refractivity contribution in [3.63, 3.8) is 0 Å². The van der Waals surface area contributed by atoms with Gasteiger partial charge in [0.25, 0.3) is 0 Å². The molecule has 1 aromatic carbocycles. The van der Waals surface area contributed by atoms with Crippen molar-refractivity contribution in [3.05, 3.63) is 40.2 Å². The largest absolute Gasteiger partial charge is 0.317 e. The maximum atomic E-state index is 14.0. The molecule has 1 aliphatic heterocycles. The van der Waals surface area contributed by atoms with Gasteiger partial charge in [-0.2, -0.15) is 5.10 Å². The summed E-state index contributed by atoms with van der Waals surface area (Å²) in [4.78, 5) is 0. The fraction of sp³-hybridized carbons (Fsp3) is 0.400. The molecule has 0 bridgehead atoms. The Morgan fingerprint density at radius 2 is 2.05 bits per heavy atom. The number of halogens is 2. The van der Waals surface area contributed by atoms with Crippen molar-refractivity contribution in [1.82, 2.24) is 15.1 Å². The van der Waals surface area contributed by atoms with Crippen LogP contribution >= 0.6 is 15.9 Å². The van der Waals surface area contributed by atoms with Crippen LogP contribution in [0.1, 0.15) is 24.5 Å². The second-order valence-electron chi connectivity index (χ2n) is 5.23. The molecule has 0 radical (unpaired) electrons. The van der Waals surface area contributed by atoms with E-state index in [2.05, 4.69) is 26.3 Å². The topological polar surface area (TPSA) is 29.9 Å². The van der Waals surface area contributed by atoms with E-state index in [0.717, 1.165) is 30.4 Å². The molecule has 106 valence electrons. The third-order valence-corrected chi connectivity index (χ3v) is 4.37. The maximum absolute atomic E-state index is 14.0. The Morgan fingerprint density at radius 1 is 1.30 bits per heavy atom. The molecule has 1 fully saturated rings. The second-order valence-corrected chi connectivity index (χ2v) is 6.14. The first kappa shape index (κ1) is 13.8. The average Bonchev–Trinajstić information content (AvgIpc) is 2.84. The molecule has 0 amide bonds. The molecule has 20 heavy (non-hydrogen) atoms. The molecule has 1 N–H and O–H groups in total. The number of rotatable bonds is 2. The van der Waals surface area contributed by atoms with Crippen LogP contribution in [0.15, 0.2) is 28.7 Å². The molecule has 2 heterocycles. The molecule has 5 heteroatoms. The first-order chi connectivity index (χ1) is 9.65. The summed E-state index contributed by atoms with van der Waals surface area (Å²) >= 11 is 3.39. The standard InChI is InChI=1S/C15H17BrFN3/c1-20-15(10-4-6-18-7-5-10)9-14(19-20)12-8-11(16)2-3-13(12)17/h2-3,8-10,18H,4-7H2,1H3. The van der Waals surface area contributed by atoms with Gasteiger partial charge in [-0.15, -0.1) is 0 Å². The summed E-state index contributed by atoms with van der Waals surface area (Å²) in [5, 5.41) is 7.86. The van der Waals surface area contributed by atoms with Gasteiger partial charge in [-0.3, -0.25) is 4.68 Å². The molecule has 1 aromatic heterocycles. The van der Waals surface area contributed by atoms with Crippen LogP contribution in [-0.2, 0) is 7.05 Å². The molecule has 3 nitrogen and oxygen atoms in total. The number of aromatic nitrogens is 2. The number of nitrogens with zero attached hydrogens (tertiary/aromatic N) is 2. The summed E-state index contributed by atoms with van der Waals surface area (Å²) in [5.74, 6) is 0.279. The minimum Gasteiger partial charge on any atom is -0.317 e.